The molecular weight excluding hydrogens is 579 g/mol. The molecule has 1 unspecified atom stereocenters. The van der Waals surface area contributed by atoms with E-state index in [-0.39, 0.29) is 36.0 Å². The first kappa shape index (κ1) is 30.8. The van der Waals surface area contributed by atoms with Crippen LogP contribution in [0.2, 0.25) is 5.02 Å². The molecule has 1 aliphatic heterocycles. The Bertz CT molecular complexity index is 1610. The summed E-state index contributed by atoms with van der Waals surface area (Å²) in [6.07, 6.45) is 0.713. The summed E-state index contributed by atoms with van der Waals surface area (Å²) in [6, 6.07) is 27.5. The lowest BCUT2D eigenvalue weighted by molar-refractivity contribution is -0.133. The van der Waals surface area contributed by atoms with E-state index in [2.05, 4.69) is 15.5 Å². The summed E-state index contributed by atoms with van der Waals surface area (Å²) >= 11 is 5.96. The summed E-state index contributed by atoms with van der Waals surface area (Å²) in [7, 11) is 0. The number of rotatable bonds is 9. The number of nitrogens with zero attached hydrogens (tertiary/aromatic N) is 2. The minimum Gasteiger partial charge on any atom is -0.367 e. The smallest absolute Gasteiger partial charge is 0.255 e. The third-order valence-electron chi connectivity index (χ3n) is 7.81. The Morgan fingerprint density at radius 2 is 1.52 bits per heavy atom. The zero-order valence-electron chi connectivity index (χ0n) is 24.4. The Labute approximate surface area is 261 Å². The second-order valence-electron chi connectivity index (χ2n) is 10.7. The lowest BCUT2D eigenvalue weighted by Gasteiger charge is -2.38. The van der Waals surface area contributed by atoms with Crippen LogP contribution in [-0.2, 0) is 11.3 Å². The van der Waals surface area contributed by atoms with Crippen LogP contribution < -0.4 is 15.5 Å². The molecular formula is C35H34ClFN4O3. The van der Waals surface area contributed by atoms with Crippen LogP contribution in [0.4, 0.5) is 15.8 Å². The Morgan fingerprint density at radius 3 is 2.18 bits per heavy atom. The van der Waals surface area contributed by atoms with Gasteiger partial charge in [0.15, 0.2) is 0 Å². The van der Waals surface area contributed by atoms with E-state index in [4.69, 9.17) is 11.6 Å². The van der Waals surface area contributed by atoms with Crippen LogP contribution in [0, 0.1) is 5.82 Å². The van der Waals surface area contributed by atoms with E-state index in [1.165, 1.54) is 12.1 Å². The van der Waals surface area contributed by atoms with Crippen LogP contribution in [0.25, 0.3) is 0 Å². The molecule has 0 saturated carbocycles. The van der Waals surface area contributed by atoms with Crippen LogP contribution in [0.3, 0.4) is 0 Å². The van der Waals surface area contributed by atoms with Gasteiger partial charge in [-0.25, -0.2) is 4.39 Å². The van der Waals surface area contributed by atoms with Crippen molar-refractivity contribution in [1.82, 2.24) is 10.2 Å². The predicted octanol–water partition coefficient (Wildman–Crippen LogP) is 6.50. The van der Waals surface area contributed by atoms with Crippen molar-refractivity contribution in [1.29, 1.82) is 0 Å². The van der Waals surface area contributed by atoms with Crippen molar-refractivity contribution in [3.05, 3.63) is 130 Å². The molecule has 0 aliphatic carbocycles. The molecule has 0 bridgehead atoms. The van der Waals surface area contributed by atoms with Crippen molar-refractivity contribution >= 4 is 40.7 Å². The van der Waals surface area contributed by atoms with Gasteiger partial charge in [0.05, 0.1) is 11.5 Å². The zero-order chi connectivity index (χ0) is 31.1. The molecule has 3 amide bonds. The van der Waals surface area contributed by atoms with E-state index in [0.717, 1.165) is 11.1 Å². The summed E-state index contributed by atoms with van der Waals surface area (Å²) in [5.74, 6) is -1.10. The maximum absolute atomic E-state index is 13.5. The Balaban J connectivity index is 1.33. The molecule has 4 aromatic carbocycles. The van der Waals surface area contributed by atoms with Gasteiger partial charge >= 0.3 is 0 Å². The third kappa shape index (κ3) is 7.44. The van der Waals surface area contributed by atoms with Gasteiger partial charge in [0.2, 0.25) is 5.91 Å². The van der Waals surface area contributed by atoms with Crippen LogP contribution >= 0.6 is 11.6 Å². The molecule has 0 radical (unpaired) electrons. The number of carbonyl (C=O) groups excluding carboxylic acids is 3. The average Bonchev–Trinajstić information content (AvgIpc) is 3.05. The summed E-state index contributed by atoms with van der Waals surface area (Å²) in [6.45, 7) is 4.37. The number of amides is 3. The lowest BCUT2D eigenvalue weighted by Crippen LogP contribution is -2.50. The van der Waals surface area contributed by atoms with Crippen LogP contribution in [0.1, 0.15) is 51.1 Å². The topological polar surface area (TPSA) is 81.8 Å². The summed E-state index contributed by atoms with van der Waals surface area (Å²) < 4.78 is 13.4. The molecule has 7 nitrogen and oxygen atoms in total. The SMILES string of the molecule is CCC(C(=O)N1CCN(c2ccc(NC(=O)c3ccc(Cl)cc3)cc2C(=O)NCc2ccc(F)cc2)CC1)c1ccccc1. The molecule has 1 atom stereocenters. The molecule has 0 spiro atoms. The Kier molecular flexibility index (Phi) is 9.92. The highest BCUT2D eigenvalue weighted by atomic mass is 35.5. The summed E-state index contributed by atoms with van der Waals surface area (Å²) in [5, 5.41) is 6.31. The highest BCUT2D eigenvalue weighted by Gasteiger charge is 2.29. The van der Waals surface area contributed by atoms with E-state index < -0.39 is 0 Å². The van der Waals surface area contributed by atoms with E-state index in [1.807, 2.05) is 48.2 Å². The molecule has 4 aromatic rings. The fourth-order valence-corrected chi connectivity index (χ4v) is 5.51. The summed E-state index contributed by atoms with van der Waals surface area (Å²) in [5.41, 5.74) is 3.75. The molecule has 1 heterocycles. The number of anilines is 2. The van der Waals surface area contributed by atoms with E-state index in [0.29, 0.717) is 60.1 Å². The monoisotopic (exact) mass is 612 g/mol. The van der Waals surface area contributed by atoms with Crippen molar-refractivity contribution in [2.75, 3.05) is 36.4 Å². The fraction of sp³-hybridized carbons (Fsp3) is 0.229. The van der Waals surface area contributed by atoms with Crippen molar-refractivity contribution < 1.29 is 18.8 Å². The average molecular weight is 613 g/mol. The van der Waals surface area contributed by atoms with Gasteiger partial charge in [-0.05, 0) is 72.1 Å². The van der Waals surface area contributed by atoms with Gasteiger partial charge in [0, 0.05) is 54.7 Å². The first-order valence-corrected chi connectivity index (χ1v) is 15.0. The third-order valence-corrected chi connectivity index (χ3v) is 8.06. The predicted molar refractivity (Wildman–Crippen MR) is 172 cm³/mol. The second kappa shape index (κ2) is 14.2. The molecule has 9 heteroatoms. The van der Waals surface area contributed by atoms with Gasteiger partial charge in [-0.3, -0.25) is 14.4 Å². The maximum Gasteiger partial charge on any atom is 0.255 e. The van der Waals surface area contributed by atoms with Crippen LogP contribution in [-0.4, -0.2) is 48.8 Å². The van der Waals surface area contributed by atoms with Gasteiger partial charge in [-0.1, -0.05) is 61.0 Å². The molecule has 0 aromatic heterocycles. The van der Waals surface area contributed by atoms with Crippen LogP contribution in [0.5, 0.6) is 0 Å². The van der Waals surface area contributed by atoms with Gasteiger partial charge in [-0.15, -0.1) is 0 Å². The lowest BCUT2D eigenvalue weighted by atomic mass is 9.94. The van der Waals surface area contributed by atoms with Crippen molar-refractivity contribution in [3.63, 3.8) is 0 Å². The van der Waals surface area contributed by atoms with Gasteiger partial charge in [0.1, 0.15) is 5.82 Å². The molecule has 1 saturated heterocycles. The normalized spacial score (nSPS) is 13.7. The first-order valence-electron chi connectivity index (χ1n) is 14.6. The van der Waals surface area contributed by atoms with Crippen molar-refractivity contribution in [3.8, 4) is 0 Å². The van der Waals surface area contributed by atoms with E-state index in [9.17, 15) is 18.8 Å². The maximum atomic E-state index is 13.5. The number of carbonyl (C=O) groups is 3. The van der Waals surface area contributed by atoms with Gasteiger partial charge < -0.3 is 20.4 Å². The first-order chi connectivity index (χ1) is 21.3. The molecule has 2 N–H and O–H groups in total. The van der Waals surface area contributed by atoms with Crippen molar-refractivity contribution in [2.24, 2.45) is 0 Å². The second-order valence-corrected chi connectivity index (χ2v) is 11.1. The Morgan fingerprint density at radius 1 is 0.841 bits per heavy atom. The number of benzene rings is 4. The minimum absolute atomic E-state index is 0.107. The van der Waals surface area contributed by atoms with E-state index in [1.54, 1.807) is 48.5 Å². The molecule has 5 rings (SSSR count). The number of halogens is 2. The highest BCUT2D eigenvalue weighted by Crippen LogP contribution is 2.28. The largest absolute Gasteiger partial charge is 0.367 e. The van der Waals surface area contributed by atoms with E-state index >= 15 is 0 Å². The highest BCUT2D eigenvalue weighted by molar-refractivity contribution is 6.30. The molecule has 1 aliphatic rings. The number of hydrogen-bond acceptors (Lipinski definition) is 4. The standard InChI is InChI=1S/C35H34ClFN4O3/c1-2-30(25-6-4-3-5-7-25)35(44)41-20-18-40(19-21-41)32-17-16-29(39-33(42)26-10-12-27(36)13-11-26)22-31(32)34(43)38-23-24-8-14-28(37)15-9-24/h3-17,22,30H,2,18-21,23H2,1H3,(H,38,43)(H,39,42). The quantitative estimate of drug-likeness (QED) is 0.226. The number of piperazine rings is 1. The van der Waals surface area contributed by atoms with Gasteiger partial charge in [0.25, 0.3) is 11.8 Å². The zero-order valence-corrected chi connectivity index (χ0v) is 25.2. The number of nitrogens with one attached hydrogen (secondary N) is 2. The fourth-order valence-electron chi connectivity index (χ4n) is 5.38. The Hall–Kier alpha value is -4.69. The summed E-state index contributed by atoms with van der Waals surface area (Å²) in [4.78, 5) is 43.9. The number of hydrogen-bond donors (Lipinski definition) is 2. The minimum atomic E-state index is -0.349. The van der Waals surface area contributed by atoms with Crippen molar-refractivity contribution in [2.45, 2.75) is 25.8 Å². The van der Waals surface area contributed by atoms with Crippen LogP contribution in [0.15, 0.2) is 97.1 Å². The molecule has 226 valence electrons. The molecule has 44 heavy (non-hydrogen) atoms. The van der Waals surface area contributed by atoms with Gasteiger partial charge in [-0.2, -0.15) is 0 Å². The molecule has 1 fully saturated rings.